The van der Waals surface area contributed by atoms with E-state index < -0.39 is 35.2 Å². The molecule has 216 valence electrons. The monoisotopic (exact) mass is 609 g/mol. The third-order valence-corrected chi connectivity index (χ3v) is 12.5. The van der Waals surface area contributed by atoms with Gasteiger partial charge in [0.15, 0.2) is 0 Å². The second-order valence-electron chi connectivity index (χ2n) is 10.6. The summed E-state index contributed by atoms with van der Waals surface area (Å²) < 4.78 is 49.1. The number of alkyl halides is 4. The van der Waals surface area contributed by atoms with Crippen LogP contribution < -0.4 is 15.9 Å². The Kier molecular flexibility index (Phi) is 8.90. The Morgan fingerprint density at radius 2 is 1.07 bits per heavy atom. The van der Waals surface area contributed by atoms with Crippen LogP contribution in [0.15, 0.2) is 121 Å². The Morgan fingerprint density at radius 3 is 1.40 bits per heavy atom. The summed E-state index contributed by atoms with van der Waals surface area (Å²) in [6.07, 6.45) is -5.50. The lowest BCUT2D eigenvalue weighted by atomic mass is 9.97. The number of benzene rings is 4. The highest BCUT2D eigenvalue weighted by atomic mass is 35.5. The molecule has 42 heavy (non-hydrogen) atoms. The van der Waals surface area contributed by atoms with Crippen LogP contribution in [0.1, 0.15) is 26.3 Å². The van der Waals surface area contributed by atoms with E-state index in [0.29, 0.717) is 15.9 Å². The van der Waals surface area contributed by atoms with E-state index in [0.717, 1.165) is 0 Å². The number of esters is 1. The summed E-state index contributed by atoms with van der Waals surface area (Å²) in [6, 6.07) is 32.7. The van der Waals surface area contributed by atoms with Crippen molar-refractivity contribution in [1.29, 1.82) is 0 Å². The third-order valence-electron chi connectivity index (χ3n) is 6.61. The number of carbonyl (C=O) groups is 1. The smallest absolute Gasteiger partial charge is 0.435 e. The maximum atomic E-state index is 15.5. The number of rotatable bonds is 6. The van der Waals surface area contributed by atoms with Crippen LogP contribution in [0, 0.1) is 11.8 Å². The lowest BCUT2D eigenvalue weighted by Gasteiger charge is -2.46. The fourth-order valence-electron chi connectivity index (χ4n) is 4.83. The number of hydrogen-bond acceptors (Lipinski definition) is 3. The fraction of sp³-hybridized carbons (Fsp3) is 0.206. The zero-order valence-corrected chi connectivity index (χ0v) is 24.9. The van der Waals surface area contributed by atoms with Crippen LogP contribution in [0.3, 0.4) is 0 Å². The van der Waals surface area contributed by atoms with Gasteiger partial charge in [-0.2, -0.15) is 13.2 Å². The second-order valence-corrected chi connectivity index (χ2v) is 15.0. The quantitative estimate of drug-likeness (QED) is 0.116. The van der Waals surface area contributed by atoms with Gasteiger partial charge in [-0.25, -0.2) is 4.79 Å². The van der Waals surface area contributed by atoms with Crippen LogP contribution in [0.5, 0.6) is 0 Å². The first-order valence-corrected chi connectivity index (χ1v) is 15.3. The van der Waals surface area contributed by atoms with Crippen molar-refractivity contribution < 1.29 is 27.8 Å². The van der Waals surface area contributed by atoms with Gasteiger partial charge in [-0.3, -0.25) is 0 Å². The zero-order valence-electron chi connectivity index (χ0n) is 23.3. The maximum absolute atomic E-state index is 15.5. The molecule has 4 aromatic rings. The molecule has 4 rings (SSSR count). The molecule has 0 aliphatic heterocycles. The molecule has 2 unspecified atom stereocenters. The van der Waals surface area contributed by atoms with Crippen LogP contribution in [-0.4, -0.2) is 33.1 Å². The van der Waals surface area contributed by atoms with Gasteiger partial charge in [0.2, 0.25) is 0 Å². The van der Waals surface area contributed by atoms with Gasteiger partial charge in [-0.15, -0.1) is 0 Å². The van der Waals surface area contributed by atoms with E-state index >= 15 is 13.2 Å². The molecular formula is C34H30ClF3O3P+. The first-order chi connectivity index (χ1) is 19.8. The second kappa shape index (κ2) is 11.9. The van der Waals surface area contributed by atoms with Gasteiger partial charge in [0, 0.05) is 5.56 Å². The molecule has 0 saturated heterocycles. The van der Waals surface area contributed by atoms with E-state index in [-0.39, 0.29) is 5.56 Å². The normalized spacial score (nSPS) is 15.0. The summed E-state index contributed by atoms with van der Waals surface area (Å²) in [5.74, 6) is 3.06. The Hall–Kier alpha value is -3.62. The molecule has 0 amide bonds. The largest absolute Gasteiger partial charge is 0.456 e. The first-order valence-electron chi connectivity index (χ1n) is 13.1. The van der Waals surface area contributed by atoms with Gasteiger partial charge >= 0.3 is 16.8 Å². The van der Waals surface area contributed by atoms with Gasteiger partial charge in [-0.1, -0.05) is 90.3 Å². The van der Waals surface area contributed by atoms with Crippen LogP contribution in [0.4, 0.5) is 13.2 Å². The third kappa shape index (κ3) is 5.57. The Morgan fingerprint density at radius 1 is 0.714 bits per heavy atom. The molecule has 0 fully saturated rings. The average molecular weight is 610 g/mol. The molecule has 0 bridgehead atoms. The molecule has 2 atom stereocenters. The van der Waals surface area contributed by atoms with Crippen LogP contribution in [-0.2, 0) is 9.53 Å². The van der Waals surface area contributed by atoms with Crippen molar-refractivity contribution in [1.82, 2.24) is 0 Å². The fourth-order valence-corrected chi connectivity index (χ4v) is 10.7. The van der Waals surface area contributed by atoms with E-state index in [9.17, 15) is 9.90 Å². The highest BCUT2D eigenvalue weighted by Crippen LogP contribution is 2.73. The summed E-state index contributed by atoms with van der Waals surface area (Å²) in [6.45, 7) is 4.58. The number of hydrogen-bond donors (Lipinski definition) is 1. The van der Waals surface area contributed by atoms with E-state index in [1.807, 2.05) is 5.92 Å². The molecule has 0 spiro atoms. The summed E-state index contributed by atoms with van der Waals surface area (Å²) in [7, 11) is -4.04. The molecule has 0 aromatic heterocycles. The minimum Gasteiger partial charge on any atom is -0.456 e. The standard InChI is InChI=1S/C34H30ClF3O3P/c1-31(2,3)41-30(39)33(35,32(40,34(36,37)38)25-24-26-16-8-4-9-17-26)42(27-18-10-5-11-19-27,28-20-12-6-13-21-28)29-22-14-7-15-23-29/h4-23,40H,1-3H3/q+1. The van der Waals surface area contributed by atoms with Gasteiger partial charge in [-0.05, 0) is 75.2 Å². The Bertz CT molecular complexity index is 1470. The summed E-state index contributed by atoms with van der Waals surface area (Å²) in [4.78, 5) is 14.5. The van der Waals surface area contributed by atoms with Gasteiger partial charge in [0.1, 0.15) is 28.8 Å². The zero-order chi connectivity index (χ0) is 30.7. The predicted octanol–water partition coefficient (Wildman–Crippen LogP) is 6.60. The van der Waals surface area contributed by atoms with Gasteiger partial charge in [0.25, 0.3) is 5.60 Å². The maximum Gasteiger partial charge on any atom is 0.435 e. The molecule has 8 heteroatoms. The highest BCUT2D eigenvalue weighted by Gasteiger charge is 2.84. The van der Waals surface area contributed by atoms with E-state index in [1.165, 1.54) is 32.9 Å². The minimum atomic E-state index is -5.50. The van der Waals surface area contributed by atoms with Crippen LogP contribution in [0.2, 0.25) is 0 Å². The van der Waals surface area contributed by atoms with Gasteiger partial charge in [0.05, 0.1) is 0 Å². The molecule has 1 N–H and O–H groups in total. The van der Waals surface area contributed by atoms with Crippen LogP contribution in [0.25, 0.3) is 0 Å². The molecule has 0 heterocycles. The summed E-state index contributed by atoms with van der Waals surface area (Å²) in [5.41, 5.74) is -5.14. The van der Waals surface area contributed by atoms with E-state index in [1.54, 1.807) is 109 Å². The van der Waals surface area contributed by atoms with E-state index in [4.69, 9.17) is 16.3 Å². The number of halogens is 4. The minimum absolute atomic E-state index is 0.200. The van der Waals surface area contributed by atoms with Gasteiger partial charge < -0.3 is 9.84 Å². The Balaban J connectivity index is 2.27. The molecular weight excluding hydrogens is 580 g/mol. The summed E-state index contributed by atoms with van der Waals surface area (Å²) in [5, 5.41) is 13.1. The number of carbonyl (C=O) groups excluding carboxylic acids is 1. The first kappa shape index (κ1) is 31.3. The van der Waals surface area contributed by atoms with Crippen molar-refractivity contribution in [2.45, 2.75) is 42.8 Å². The van der Waals surface area contributed by atoms with Crippen molar-refractivity contribution in [3.8, 4) is 11.8 Å². The lowest BCUT2D eigenvalue weighted by Crippen LogP contribution is -2.68. The number of ether oxygens (including phenoxy) is 1. The van der Waals surface area contributed by atoms with Crippen molar-refractivity contribution in [3.05, 3.63) is 127 Å². The van der Waals surface area contributed by atoms with Crippen molar-refractivity contribution in [2.75, 3.05) is 0 Å². The number of aliphatic hydroxyl groups is 1. The highest BCUT2D eigenvalue weighted by molar-refractivity contribution is 7.98. The average Bonchev–Trinajstić information content (AvgIpc) is 2.97. The topological polar surface area (TPSA) is 46.5 Å². The molecule has 0 aliphatic rings. The van der Waals surface area contributed by atoms with Crippen molar-refractivity contribution in [2.24, 2.45) is 0 Å². The molecule has 0 aliphatic carbocycles. The molecule has 0 radical (unpaired) electrons. The van der Waals surface area contributed by atoms with E-state index in [2.05, 4.69) is 5.92 Å². The van der Waals surface area contributed by atoms with Crippen molar-refractivity contribution in [3.63, 3.8) is 0 Å². The molecule has 0 saturated carbocycles. The lowest BCUT2D eigenvalue weighted by molar-refractivity contribution is -0.243. The molecule has 4 aromatic carbocycles. The summed E-state index contributed by atoms with van der Waals surface area (Å²) >= 11 is 7.38. The van der Waals surface area contributed by atoms with Crippen molar-refractivity contribution >= 4 is 40.7 Å². The SMILES string of the molecule is CC(C)(C)OC(=O)C(Cl)(C(O)(C#Cc1ccccc1)C(F)(F)F)[P+](c1ccccc1)(c1ccccc1)c1ccccc1. The predicted molar refractivity (Wildman–Crippen MR) is 164 cm³/mol. The van der Waals surface area contributed by atoms with Crippen LogP contribution >= 0.6 is 18.9 Å². The molecule has 3 nitrogen and oxygen atoms in total. The Labute approximate surface area is 249 Å².